The molecule has 0 aliphatic rings. The molecule has 2 aromatic rings. The number of hydrogen-bond acceptors (Lipinski definition) is 2. The molecule has 0 spiro atoms. The number of hydrogen-bond donors (Lipinski definition) is 1. The highest BCUT2D eigenvalue weighted by atomic mass is 19.4. The Morgan fingerprint density at radius 2 is 1.86 bits per heavy atom. The van der Waals surface area contributed by atoms with Crippen LogP contribution in [0.1, 0.15) is 23.7 Å². The molecule has 2 aromatic carbocycles. The van der Waals surface area contributed by atoms with E-state index >= 15 is 0 Å². The average Bonchev–Trinajstić information content (AvgIpc) is 2.42. The fourth-order valence-electron chi connectivity index (χ4n) is 2.37. The van der Waals surface area contributed by atoms with Gasteiger partial charge in [0.15, 0.2) is 0 Å². The minimum atomic E-state index is -4.33. The van der Waals surface area contributed by atoms with Gasteiger partial charge < -0.3 is 9.84 Å². The number of rotatable bonds is 5. The van der Waals surface area contributed by atoms with Gasteiger partial charge in [-0.15, -0.1) is 0 Å². The number of aliphatic hydroxyl groups excluding tert-OH is 1. The van der Waals surface area contributed by atoms with Crippen LogP contribution in [0, 0.1) is 6.92 Å². The van der Waals surface area contributed by atoms with Crippen molar-refractivity contribution in [3.63, 3.8) is 0 Å². The number of fused-ring (bicyclic) bond motifs is 1. The van der Waals surface area contributed by atoms with Crippen molar-refractivity contribution < 1.29 is 23.0 Å². The topological polar surface area (TPSA) is 29.5 Å². The first kappa shape index (κ1) is 15.8. The van der Waals surface area contributed by atoms with Gasteiger partial charge in [-0.2, -0.15) is 13.2 Å². The number of aryl methyl sites for hydroxylation is 1. The Balaban J connectivity index is 2.09. The van der Waals surface area contributed by atoms with Gasteiger partial charge in [-0.1, -0.05) is 36.4 Å². The molecule has 0 bridgehead atoms. The molecule has 114 valence electrons. The summed E-state index contributed by atoms with van der Waals surface area (Å²) < 4.78 is 40.5. The van der Waals surface area contributed by atoms with Gasteiger partial charge in [-0.3, -0.25) is 0 Å². The lowest BCUT2D eigenvalue weighted by Crippen LogP contribution is -2.18. The summed E-state index contributed by atoms with van der Waals surface area (Å²) in [6.07, 6.45) is -5.05. The predicted octanol–water partition coefficient (Wildman–Crippen LogP) is 4.15. The Morgan fingerprint density at radius 1 is 1.14 bits per heavy atom. The molecule has 0 radical (unpaired) electrons. The number of halogens is 3. The molecule has 1 atom stereocenters. The SMILES string of the molecule is Cc1ccc2ccccc2c1C(O)CCOCC(F)(F)F. The quantitative estimate of drug-likeness (QED) is 0.840. The molecule has 0 fully saturated rings. The molecule has 0 aliphatic carbocycles. The molecule has 0 amide bonds. The monoisotopic (exact) mass is 298 g/mol. The van der Waals surface area contributed by atoms with Crippen LogP contribution in [0.4, 0.5) is 13.2 Å². The van der Waals surface area contributed by atoms with Crippen LogP contribution in [0.2, 0.25) is 0 Å². The number of alkyl halides is 3. The van der Waals surface area contributed by atoms with E-state index in [1.807, 2.05) is 43.3 Å². The molecule has 2 rings (SSSR count). The van der Waals surface area contributed by atoms with Crippen LogP contribution in [0.3, 0.4) is 0 Å². The van der Waals surface area contributed by atoms with Crippen LogP contribution in [0.5, 0.6) is 0 Å². The van der Waals surface area contributed by atoms with Crippen molar-refractivity contribution in [2.24, 2.45) is 0 Å². The Hall–Kier alpha value is -1.59. The first-order valence-corrected chi connectivity index (χ1v) is 6.69. The maximum Gasteiger partial charge on any atom is 0.411 e. The van der Waals surface area contributed by atoms with E-state index in [9.17, 15) is 18.3 Å². The second kappa shape index (κ2) is 6.45. The highest BCUT2D eigenvalue weighted by Gasteiger charge is 2.27. The Morgan fingerprint density at radius 3 is 2.57 bits per heavy atom. The van der Waals surface area contributed by atoms with Crippen molar-refractivity contribution in [3.05, 3.63) is 47.5 Å². The van der Waals surface area contributed by atoms with Crippen molar-refractivity contribution in [2.45, 2.75) is 25.6 Å². The molecule has 0 aromatic heterocycles. The van der Waals surface area contributed by atoms with E-state index in [1.165, 1.54) is 0 Å². The highest BCUT2D eigenvalue weighted by molar-refractivity contribution is 5.87. The molecule has 0 aliphatic heterocycles. The summed E-state index contributed by atoms with van der Waals surface area (Å²) in [6, 6.07) is 11.5. The molecular weight excluding hydrogens is 281 g/mol. The third-order valence-corrected chi connectivity index (χ3v) is 3.32. The second-order valence-electron chi connectivity index (χ2n) is 4.99. The van der Waals surface area contributed by atoms with E-state index < -0.39 is 18.9 Å². The summed E-state index contributed by atoms with van der Waals surface area (Å²) in [7, 11) is 0. The molecule has 0 heterocycles. The third-order valence-electron chi connectivity index (χ3n) is 3.32. The van der Waals surface area contributed by atoms with Gasteiger partial charge in [-0.05, 0) is 28.8 Å². The normalized spacial score (nSPS) is 13.6. The van der Waals surface area contributed by atoms with Gasteiger partial charge in [0.1, 0.15) is 6.61 Å². The molecule has 1 N–H and O–H groups in total. The summed E-state index contributed by atoms with van der Waals surface area (Å²) in [5, 5.41) is 12.2. The van der Waals surface area contributed by atoms with Crippen LogP contribution >= 0.6 is 0 Å². The minimum absolute atomic E-state index is 0.130. The van der Waals surface area contributed by atoms with Crippen molar-refractivity contribution in [3.8, 4) is 0 Å². The standard InChI is InChI=1S/C16H17F3O2/c1-11-6-7-12-4-2-3-5-13(12)15(11)14(20)8-9-21-10-16(17,18)19/h2-7,14,20H,8-10H2,1H3. The number of aliphatic hydroxyl groups is 1. The van der Waals surface area contributed by atoms with Crippen molar-refractivity contribution in [2.75, 3.05) is 13.2 Å². The zero-order valence-corrected chi connectivity index (χ0v) is 11.7. The molecule has 1 unspecified atom stereocenters. The number of benzene rings is 2. The average molecular weight is 298 g/mol. The van der Waals surface area contributed by atoms with Gasteiger partial charge in [0.2, 0.25) is 0 Å². The van der Waals surface area contributed by atoms with E-state index in [0.29, 0.717) is 0 Å². The lowest BCUT2D eigenvalue weighted by Gasteiger charge is -2.17. The van der Waals surface area contributed by atoms with Gasteiger partial charge in [0.05, 0.1) is 6.10 Å². The Kier molecular flexibility index (Phi) is 4.85. The smallest absolute Gasteiger partial charge is 0.388 e. The largest absolute Gasteiger partial charge is 0.411 e. The van der Waals surface area contributed by atoms with E-state index in [1.54, 1.807) is 0 Å². The van der Waals surface area contributed by atoms with Crippen LogP contribution in [0.25, 0.3) is 10.8 Å². The first-order valence-electron chi connectivity index (χ1n) is 6.69. The third kappa shape index (κ3) is 4.19. The second-order valence-corrected chi connectivity index (χ2v) is 4.99. The maximum atomic E-state index is 12.0. The van der Waals surface area contributed by atoms with E-state index in [0.717, 1.165) is 21.9 Å². The van der Waals surface area contributed by atoms with Crippen LogP contribution < -0.4 is 0 Å². The molecule has 2 nitrogen and oxygen atoms in total. The molecule has 0 saturated heterocycles. The van der Waals surface area contributed by atoms with Crippen LogP contribution in [0.15, 0.2) is 36.4 Å². The fourth-order valence-corrected chi connectivity index (χ4v) is 2.37. The lowest BCUT2D eigenvalue weighted by molar-refractivity contribution is -0.175. The zero-order valence-electron chi connectivity index (χ0n) is 11.7. The van der Waals surface area contributed by atoms with Gasteiger partial charge >= 0.3 is 6.18 Å². The summed E-state index contributed by atoms with van der Waals surface area (Å²) >= 11 is 0. The highest BCUT2D eigenvalue weighted by Crippen LogP contribution is 2.29. The zero-order chi connectivity index (χ0) is 15.5. The summed E-state index contributed by atoms with van der Waals surface area (Å²) in [5.41, 5.74) is 1.67. The van der Waals surface area contributed by atoms with Gasteiger partial charge in [0.25, 0.3) is 0 Å². The number of ether oxygens (including phenoxy) is 1. The van der Waals surface area contributed by atoms with Gasteiger partial charge in [0, 0.05) is 13.0 Å². The van der Waals surface area contributed by atoms with Crippen LogP contribution in [-0.4, -0.2) is 24.5 Å². The van der Waals surface area contributed by atoms with Crippen molar-refractivity contribution in [1.82, 2.24) is 0 Å². The van der Waals surface area contributed by atoms with E-state index in [4.69, 9.17) is 0 Å². The first-order chi connectivity index (χ1) is 9.88. The maximum absolute atomic E-state index is 12.0. The van der Waals surface area contributed by atoms with Gasteiger partial charge in [-0.25, -0.2) is 0 Å². The van der Waals surface area contributed by atoms with Crippen LogP contribution in [-0.2, 0) is 4.74 Å². The summed E-state index contributed by atoms with van der Waals surface area (Å²) in [5.74, 6) is 0. The predicted molar refractivity (Wildman–Crippen MR) is 75.1 cm³/mol. The molecular formula is C16H17F3O2. The van der Waals surface area contributed by atoms with E-state index in [-0.39, 0.29) is 13.0 Å². The fraction of sp³-hybridized carbons (Fsp3) is 0.375. The summed E-state index contributed by atoms with van der Waals surface area (Å²) in [4.78, 5) is 0. The van der Waals surface area contributed by atoms with Crippen molar-refractivity contribution >= 4 is 10.8 Å². The molecule has 5 heteroatoms. The Labute approximate surface area is 121 Å². The van der Waals surface area contributed by atoms with E-state index in [2.05, 4.69) is 4.74 Å². The van der Waals surface area contributed by atoms with Crippen molar-refractivity contribution in [1.29, 1.82) is 0 Å². The lowest BCUT2D eigenvalue weighted by atomic mass is 9.94. The Bertz CT molecular complexity index is 608. The molecule has 21 heavy (non-hydrogen) atoms. The summed E-state index contributed by atoms with van der Waals surface area (Å²) in [6.45, 7) is 0.457. The minimum Gasteiger partial charge on any atom is -0.388 e. The molecule has 0 saturated carbocycles.